The molecule has 1 amide bonds. The van der Waals surface area contributed by atoms with Crippen LogP contribution in [0.15, 0.2) is 60.7 Å². The van der Waals surface area contributed by atoms with Crippen molar-refractivity contribution in [1.29, 1.82) is 0 Å². The van der Waals surface area contributed by atoms with Crippen molar-refractivity contribution in [2.45, 2.75) is 13.5 Å². The number of hydrogen-bond donors (Lipinski definition) is 0. The quantitative estimate of drug-likeness (QED) is 0.353. The van der Waals surface area contributed by atoms with Crippen molar-refractivity contribution in [3.63, 3.8) is 0 Å². The monoisotopic (exact) mass is 452 g/mol. The lowest BCUT2D eigenvalue weighted by molar-refractivity contribution is 0.0984. The third-order valence-electron chi connectivity index (χ3n) is 5.03. The van der Waals surface area contributed by atoms with E-state index in [1.807, 2.05) is 49.4 Å². The number of thiazole rings is 1. The minimum absolute atomic E-state index is 0.174. The van der Waals surface area contributed by atoms with Gasteiger partial charge in [-0.1, -0.05) is 53.3 Å². The topological polar surface area (TPSA) is 51.7 Å². The molecule has 0 saturated carbocycles. The molecule has 0 aliphatic rings. The molecule has 0 aliphatic heterocycles. The minimum atomic E-state index is -0.174. The number of rotatable bonds is 6. The summed E-state index contributed by atoms with van der Waals surface area (Å²) in [4.78, 5) is 20.1. The summed E-state index contributed by atoms with van der Waals surface area (Å²) in [5.74, 6) is 0.895. The fraction of sp³-hybridized carbons (Fsp3) is 0.167. The smallest absolute Gasteiger partial charge is 0.260 e. The highest BCUT2D eigenvalue weighted by atomic mass is 35.5. The Balaban J connectivity index is 1.80. The number of hydrogen-bond acceptors (Lipinski definition) is 5. The molecular weight excluding hydrogens is 432 g/mol. The highest BCUT2D eigenvalue weighted by molar-refractivity contribution is 7.22. The number of methoxy groups -OCH3 is 2. The molecule has 158 valence electrons. The van der Waals surface area contributed by atoms with Gasteiger partial charge in [-0.15, -0.1) is 0 Å². The molecule has 0 atom stereocenters. The molecule has 3 aromatic carbocycles. The lowest BCUT2D eigenvalue weighted by Gasteiger charge is -2.21. The van der Waals surface area contributed by atoms with Gasteiger partial charge >= 0.3 is 0 Å². The molecular formula is C24H21ClN2O3S. The molecule has 31 heavy (non-hydrogen) atoms. The Morgan fingerprint density at radius 2 is 1.77 bits per heavy atom. The van der Waals surface area contributed by atoms with E-state index in [9.17, 15) is 4.79 Å². The van der Waals surface area contributed by atoms with Crippen LogP contribution >= 0.6 is 22.9 Å². The number of aromatic nitrogens is 1. The first-order valence-electron chi connectivity index (χ1n) is 9.65. The average Bonchev–Trinajstić information content (AvgIpc) is 3.24. The van der Waals surface area contributed by atoms with Crippen molar-refractivity contribution in [2.75, 3.05) is 19.1 Å². The van der Waals surface area contributed by atoms with Crippen molar-refractivity contribution in [3.8, 4) is 11.5 Å². The molecule has 4 rings (SSSR count). The molecule has 0 fully saturated rings. The van der Waals surface area contributed by atoms with E-state index in [2.05, 4.69) is 0 Å². The molecule has 1 heterocycles. The van der Waals surface area contributed by atoms with Gasteiger partial charge in [0.15, 0.2) is 16.6 Å². The van der Waals surface area contributed by atoms with E-state index in [1.165, 1.54) is 11.3 Å². The van der Waals surface area contributed by atoms with E-state index < -0.39 is 0 Å². The Bertz CT molecular complexity index is 1240. The molecule has 0 bridgehead atoms. The van der Waals surface area contributed by atoms with Crippen LogP contribution in [0.4, 0.5) is 5.13 Å². The molecule has 0 aliphatic carbocycles. The van der Waals surface area contributed by atoms with Crippen LogP contribution in [0.5, 0.6) is 11.5 Å². The Hall–Kier alpha value is -3.09. The van der Waals surface area contributed by atoms with Crippen molar-refractivity contribution < 1.29 is 14.3 Å². The number of amides is 1. The molecule has 0 spiro atoms. The lowest BCUT2D eigenvalue weighted by atomic mass is 10.1. The van der Waals surface area contributed by atoms with Gasteiger partial charge in [0.1, 0.15) is 0 Å². The summed E-state index contributed by atoms with van der Waals surface area (Å²) in [5.41, 5.74) is 3.21. The van der Waals surface area contributed by atoms with Gasteiger partial charge in [0.25, 0.3) is 5.91 Å². The Labute approximate surface area is 189 Å². The largest absolute Gasteiger partial charge is 0.493 e. The third kappa shape index (κ3) is 4.22. The fourth-order valence-electron chi connectivity index (χ4n) is 3.32. The Morgan fingerprint density at radius 3 is 2.48 bits per heavy atom. The summed E-state index contributed by atoms with van der Waals surface area (Å²) in [7, 11) is 3.11. The average molecular weight is 453 g/mol. The van der Waals surface area contributed by atoms with Gasteiger partial charge in [-0.25, -0.2) is 4.98 Å². The number of benzene rings is 3. The van der Waals surface area contributed by atoms with Crippen LogP contribution in [-0.4, -0.2) is 25.1 Å². The van der Waals surface area contributed by atoms with Gasteiger partial charge in [0.2, 0.25) is 0 Å². The van der Waals surface area contributed by atoms with Crippen LogP contribution in [0, 0.1) is 6.92 Å². The first kappa shape index (κ1) is 21.2. The Morgan fingerprint density at radius 1 is 1.03 bits per heavy atom. The Kier molecular flexibility index (Phi) is 6.11. The summed E-state index contributed by atoms with van der Waals surface area (Å²) in [5, 5.41) is 1.27. The molecule has 5 nitrogen and oxygen atoms in total. The SMILES string of the molecule is COc1ccc(C(=O)N(Cc2ccccc2)c2nc3c(C)c(Cl)ccc3s2)cc1OC. The number of fused-ring (bicyclic) bond motifs is 1. The van der Waals surface area contributed by atoms with Gasteiger partial charge in [0.05, 0.1) is 31.0 Å². The number of carbonyl (C=O) groups excluding carboxylic acids is 1. The zero-order chi connectivity index (χ0) is 22.0. The van der Waals surface area contributed by atoms with Crippen molar-refractivity contribution >= 4 is 44.2 Å². The maximum absolute atomic E-state index is 13.6. The predicted molar refractivity (Wildman–Crippen MR) is 126 cm³/mol. The molecule has 0 radical (unpaired) electrons. The van der Waals surface area contributed by atoms with E-state index in [-0.39, 0.29) is 5.91 Å². The van der Waals surface area contributed by atoms with Gasteiger partial charge < -0.3 is 9.47 Å². The maximum atomic E-state index is 13.6. The zero-order valence-corrected chi connectivity index (χ0v) is 19.0. The van der Waals surface area contributed by atoms with Crippen LogP contribution < -0.4 is 14.4 Å². The fourth-order valence-corrected chi connectivity index (χ4v) is 4.50. The molecule has 7 heteroatoms. The van der Waals surface area contributed by atoms with Crippen molar-refractivity contribution in [3.05, 3.63) is 82.4 Å². The first-order chi connectivity index (χ1) is 15.0. The van der Waals surface area contributed by atoms with Crippen LogP contribution in [0.1, 0.15) is 21.5 Å². The van der Waals surface area contributed by atoms with Gasteiger partial charge in [0, 0.05) is 10.6 Å². The first-order valence-corrected chi connectivity index (χ1v) is 10.8. The van der Waals surface area contributed by atoms with Crippen molar-refractivity contribution in [2.24, 2.45) is 0 Å². The van der Waals surface area contributed by atoms with Gasteiger partial charge in [-0.05, 0) is 48.4 Å². The molecule has 0 saturated heterocycles. The molecule has 0 unspecified atom stereocenters. The maximum Gasteiger partial charge on any atom is 0.260 e. The normalized spacial score (nSPS) is 10.8. The van der Waals surface area contributed by atoms with E-state index in [0.29, 0.717) is 33.8 Å². The van der Waals surface area contributed by atoms with Crippen LogP contribution in [0.2, 0.25) is 5.02 Å². The second-order valence-corrected chi connectivity index (χ2v) is 8.38. The summed E-state index contributed by atoms with van der Waals surface area (Å²) in [6.07, 6.45) is 0. The third-order valence-corrected chi connectivity index (χ3v) is 6.48. The van der Waals surface area contributed by atoms with E-state index in [4.69, 9.17) is 26.1 Å². The van der Waals surface area contributed by atoms with Gasteiger partial charge in [-0.2, -0.15) is 0 Å². The number of aryl methyl sites for hydroxylation is 1. The number of anilines is 1. The van der Waals surface area contributed by atoms with Gasteiger partial charge in [-0.3, -0.25) is 9.69 Å². The second kappa shape index (κ2) is 8.96. The zero-order valence-electron chi connectivity index (χ0n) is 17.4. The standard InChI is InChI=1S/C24H21ClN2O3S/c1-15-18(25)10-12-21-22(15)26-24(31-21)27(14-16-7-5-4-6-8-16)23(28)17-9-11-19(29-2)20(13-17)30-3/h4-13H,14H2,1-3H3. The van der Waals surface area contributed by atoms with Crippen LogP contribution in [0.25, 0.3) is 10.2 Å². The molecule has 1 aromatic heterocycles. The lowest BCUT2D eigenvalue weighted by Crippen LogP contribution is -2.30. The highest BCUT2D eigenvalue weighted by Crippen LogP contribution is 2.35. The summed E-state index contributed by atoms with van der Waals surface area (Å²) >= 11 is 7.75. The summed E-state index contributed by atoms with van der Waals surface area (Å²) < 4.78 is 11.7. The molecule has 4 aromatic rings. The number of nitrogens with zero attached hydrogens (tertiary/aromatic N) is 2. The highest BCUT2D eigenvalue weighted by Gasteiger charge is 2.23. The number of halogens is 1. The van der Waals surface area contributed by atoms with E-state index in [1.54, 1.807) is 37.3 Å². The minimum Gasteiger partial charge on any atom is -0.493 e. The van der Waals surface area contributed by atoms with Crippen LogP contribution in [0.3, 0.4) is 0 Å². The number of ether oxygens (including phenoxy) is 2. The van der Waals surface area contributed by atoms with E-state index in [0.717, 1.165) is 21.3 Å². The predicted octanol–water partition coefficient (Wildman–Crippen LogP) is 6.12. The van der Waals surface area contributed by atoms with Crippen molar-refractivity contribution in [1.82, 2.24) is 4.98 Å². The summed E-state index contributed by atoms with van der Waals surface area (Å²) in [6.45, 7) is 2.33. The van der Waals surface area contributed by atoms with E-state index >= 15 is 0 Å². The van der Waals surface area contributed by atoms with Crippen LogP contribution in [-0.2, 0) is 6.54 Å². The summed E-state index contributed by atoms with van der Waals surface area (Å²) in [6, 6.07) is 18.8. The molecule has 0 N–H and O–H groups in total. The number of carbonyl (C=O) groups is 1. The second-order valence-electron chi connectivity index (χ2n) is 6.96.